The second-order valence-electron chi connectivity index (χ2n) is 8.43. The summed E-state index contributed by atoms with van der Waals surface area (Å²) in [4.78, 5) is 26.4. The van der Waals surface area contributed by atoms with Crippen LogP contribution in [-0.2, 0) is 0 Å². The topological polar surface area (TPSA) is 85.5 Å². The van der Waals surface area contributed by atoms with Crippen LogP contribution in [0, 0.1) is 11.7 Å². The van der Waals surface area contributed by atoms with Gasteiger partial charge >= 0.3 is 0 Å². The lowest BCUT2D eigenvalue weighted by molar-refractivity contribution is 0.0659. The van der Waals surface area contributed by atoms with Crippen LogP contribution in [0.5, 0.6) is 5.88 Å². The average molecular weight is 481 g/mol. The molecule has 33 heavy (non-hydrogen) atoms. The Hall–Kier alpha value is -2.95. The van der Waals surface area contributed by atoms with Crippen LogP contribution in [0.2, 0.25) is 5.15 Å². The van der Waals surface area contributed by atoms with Crippen molar-refractivity contribution in [3.05, 3.63) is 46.4 Å². The van der Waals surface area contributed by atoms with Crippen molar-refractivity contribution in [1.29, 1.82) is 0 Å². The normalized spacial score (nSPS) is 21.1. The van der Waals surface area contributed by atoms with E-state index >= 15 is 4.39 Å². The Balaban J connectivity index is 1.47. The first kappa shape index (κ1) is 21.9. The second kappa shape index (κ2) is 8.44. The highest BCUT2D eigenvalue weighted by atomic mass is 35.5. The van der Waals surface area contributed by atoms with E-state index in [4.69, 9.17) is 16.3 Å². The number of pyridine rings is 1. The number of carbonyl (C=O) groups is 1. The van der Waals surface area contributed by atoms with Gasteiger partial charge in [0.1, 0.15) is 23.3 Å². The molecule has 174 valence electrons. The molecular formula is C21H20ClF3N6O2. The van der Waals surface area contributed by atoms with E-state index in [0.717, 1.165) is 12.8 Å². The molecule has 1 aliphatic carbocycles. The molecule has 0 N–H and O–H groups in total. The molecule has 8 nitrogen and oxygen atoms in total. The van der Waals surface area contributed by atoms with Gasteiger partial charge in [0.2, 0.25) is 0 Å². The van der Waals surface area contributed by atoms with Crippen LogP contribution in [0.3, 0.4) is 0 Å². The van der Waals surface area contributed by atoms with Crippen LogP contribution in [-0.4, -0.2) is 54.6 Å². The van der Waals surface area contributed by atoms with Gasteiger partial charge in [-0.1, -0.05) is 18.5 Å². The Kier molecular flexibility index (Phi) is 5.59. The highest BCUT2D eigenvalue weighted by molar-refractivity contribution is 6.29. The Morgan fingerprint density at radius 1 is 1.24 bits per heavy atom. The smallest absolute Gasteiger partial charge is 0.280 e. The summed E-state index contributed by atoms with van der Waals surface area (Å²) >= 11 is 6.03. The predicted molar refractivity (Wildman–Crippen MR) is 111 cm³/mol. The number of aromatic nitrogens is 5. The number of carbonyl (C=O) groups excluding carboxylic acids is 1. The maximum atomic E-state index is 15.0. The molecule has 3 aromatic rings. The van der Waals surface area contributed by atoms with E-state index in [1.54, 1.807) is 0 Å². The van der Waals surface area contributed by atoms with Crippen molar-refractivity contribution < 1.29 is 22.7 Å². The maximum Gasteiger partial charge on any atom is 0.280 e. The Labute approximate surface area is 191 Å². The summed E-state index contributed by atoms with van der Waals surface area (Å²) in [6.45, 7) is 2.53. The predicted octanol–water partition coefficient (Wildman–Crippen LogP) is 4.06. The molecule has 0 spiro atoms. The summed E-state index contributed by atoms with van der Waals surface area (Å²) in [5.74, 6) is -1.92. The molecule has 0 radical (unpaired) electrons. The number of rotatable bonds is 5. The SMILES string of the molecule is C[C@@H]1CCN(C(=O)c2cc(Cl)nc(OC3CC3)c2F)C[C@H]1c1cc(C(F)F)nc2ncnn12. The number of halogens is 4. The summed E-state index contributed by atoms with van der Waals surface area (Å²) in [6, 6.07) is 2.48. The summed E-state index contributed by atoms with van der Waals surface area (Å²) in [5.41, 5.74) is -0.161. The molecule has 1 saturated carbocycles. The molecule has 2 atom stereocenters. The molecule has 5 rings (SSSR count). The first-order chi connectivity index (χ1) is 15.8. The van der Waals surface area contributed by atoms with E-state index in [0.29, 0.717) is 18.7 Å². The summed E-state index contributed by atoms with van der Waals surface area (Å²) in [5, 5.41) is 4.08. The van der Waals surface area contributed by atoms with E-state index in [-0.39, 0.29) is 46.9 Å². The number of piperidine rings is 1. The van der Waals surface area contributed by atoms with Crippen LogP contribution >= 0.6 is 11.6 Å². The van der Waals surface area contributed by atoms with Crippen molar-refractivity contribution in [3.63, 3.8) is 0 Å². The van der Waals surface area contributed by atoms with Crippen molar-refractivity contribution >= 4 is 23.3 Å². The first-order valence-corrected chi connectivity index (χ1v) is 11.0. The number of nitrogens with zero attached hydrogens (tertiary/aromatic N) is 6. The molecule has 1 saturated heterocycles. The molecule has 4 heterocycles. The number of likely N-dealkylation sites (tertiary alicyclic amines) is 1. The van der Waals surface area contributed by atoms with Gasteiger partial charge in [0, 0.05) is 19.0 Å². The van der Waals surface area contributed by atoms with E-state index in [2.05, 4.69) is 20.1 Å². The van der Waals surface area contributed by atoms with Gasteiger partial charge in [-0.15, -0.1) is 0 Å². The van der Waals surface area contributed by atoms with Crippen molar-refractivity contribution in [3.8, 4) is 5.88 Å². The minimum Gasteiger partial charge on any atom is -0.472 e. The number of hydrogen-bond donors (Lipinski definition) is 0. The van der Waals surface area contributed by atoms with Crippen LogP contribution in [0.15, 0.2) is 18.5 Å². The zero-order valence-electron chi connectivity index (χ0n) is 17.6. The molecule has 2 aliphatic rings. The minimum absolute atomic E-state index is 0.0441. The van der Waals surface area contributed by atoms with Crippen LogP contribution < -0.4 is 4.74 Å². The summed E-state index contributed by atoms with van der Waals surface area (Å²) in [6.07, 6.45) is 0.532. The monoisotopic (exact) mass is 480 g/mol. The van der Waals surface area contributed by atoms with Crippen molar-refractivity contribution in [2.75, 3.05) is 13.1 Å². The highest BCUT2D eigenvalue weighted by Crippen LogP contribution is 2.35. The fourth-order valence-corrected chi connectivity index (χ4v) is 4.28. The highest BCUT2D eigenvalue weighted by Gasteiger charge is 2.35. The lowest BCUT2D eigenvalue weighted by atomic mass is 9.84. The van der Waals surface area contributed by atoms with E-state index in [9.17, 15) is 13.6 Å². The standard InChI is InChI=1S/C21H20ClF3N6O2/c1-10-4-5-30(20(32)12-6-16(22)29-19(17(12)23)33-11-2-3-11)8-13(10)15-7-14(18(24)25)28-21-26-9-27-31(15)21/h6-7,9-11,13,18H,2-5,8H2,1H3/t10-,13-/m1/s1. The van der Waals surface area contributed by atoms with Crippen LogP contribution in [0.4, 0.5) is 13.2 Å². The van der Waals surface area contributed by atoms with Crippen molar-refractivity contribution in [2.24, 2.45) is 5.92 Å². The number of hydrogen-bond acceptors (Lipinski definition) is 6. The zero-order chi connectivity index (χ0) is 23.3. The van der Waals surface area contributed by atoms with E-state index in [1.165, 1.54) is 27.9 Å². The van der Waals surface area contributed by atoms with Crippen molar-refractivity contribution in [2.45, 2.75) is 44.6 Å². The van der Waals surface area contributed by atoms with Gasteiger partial charge in [-0.25, -0.2) is 22.7 Å². The summed E-state index contributed by atoms with van der Waals surface area (Å²) < 4.78 is 48.8. The largest absolute Gasteiger partial charge is 0.472 e. The first-order valence-electron chi connectivity index (χ1n) is 10.6. The van der Waals surface area contributed by atoms with Gasteiger partial charge in [0.15, 0.2) is 5.82 Å². The molecule has 12 heteroatoms. The van der Waals surface area contributed by atoms with Gasteiger partial charge < -0.3 is 9.64 Å². The molecule has 1 aliphatic heterocycles. The number of amides is 1. The number of alkyl halides is 2. The molecule has 2 fully saturated rings. The Morgan fingerprint density at radius 3 is 2.76 bits per heavy atom. The third-order valence-corrected chi connectivity index (χ3v) is 6.27. The Bertz CT molecular complexity index is 1220. The summed E-state index contributed by atoms with van der Waals surface area (Å²) in [7, 11) is 0. The van der Waals surface area contributed by atoms with Gasteiger partial charge in [0.05, 0.1) is 11.3 Å². The maximum absolute atomic E-state index is 15.0. The van der Waals surface area contributed by atoms with Gasteiger partial charge in [-0.3, -0.25) is 4.79 Å². The fraction of sp³-hybridized carbons (Fsp3) is 0.476. The third kappa shape index (κ3) is 4.21. The number of fused-ring (bicyclic) bond motifs is 1. The lowest BCUT2D eigenvalue weighted by Crippen LogP contribution is -2.43. The minimum atomic E-state index is -2.78. The molecule has 0 aromatic carbocycles. The van der Waals surface area contributed by atoms with Crippen molar-refractivity contribution in [1.82, 2.24) is 29.5 Å². The van der Waals surface area contributed by atoms with Gasteiger partial charge in [-0.05, 0) is 37.3 Å². The third-order valence-electron chi connectivity index (χ3n) is 6.08. The molecule has 0 bridgehead atoms. The molecule has 0 unspecified atom stereocenters. The van der Waals surface area contributed by atoms with Crippen LogP contribution in [0.1, 0.15) is 60.3 Å². The quantitative estimate of drug-likeness (QED) is 0.512. The van der Waals surface area contributed by atoms with E-state index < -0.39 is 23.8 Å². The fourth-order valence-electron chi connectivity index (χ4n) is 4.09. The zero-order valence-corrected chi connectivity index (χ0v) is 18.3. The Morgan fingerprint density at radius 2 is 2.03 bits per heavy atom. The molecule has 3 aromatic heterocycles. The number of ether oxygens (including phenoxy) is 1. The van der Waals surface area contributed by atoms with Gasteiger partial charge in [-0.2, -0.15) is 15.1 Å². The van der Waals surface area contributed by atoms with Gasteiger partial charge in [0.25, 0.3) is 24.0 Å². The second-order valence-corrected chi connectivity index (χ2v) is 8.82. The van der Waals surface area contributed by atoms with E-state index in [1.807, 2.05) is 6.92 Å². The molecule has 1 amide bonds. The lowest BCUT2D eigenvalue weighted by Gasteiger charge is -2.37. The molecular weight excluding hydrogens is 461 g/mol. The van der Waals surface area contributed by atoms with Crippen LogP contribution in [0.25, 0.3) is 5.78 Å². The average Bonchev–Trinajstić information content (AvgIpc) is 3.47.